The lowest BCUT2D eigenvalue weighted by atomic mass is 9.96. The van der Waals surface area contributed by atoms with Crippen molar-refractivity contribution in [2.45, 2.75) is 64.6 Å². The molecule has 2 atom stereocenters. The summed E-state index contributed by atoms with van der Waals surface area (Å²) in [6.45, 7) is 8.66. The van der Waals surface area contributed by atoms with E-state index in [2.05, 4.69) is 6.58 Å². The summed E-state index contributed by atoms with van der Waals surface area (Å²) in [5.41, 5.74) is -0.646. The molecule has 0 aromatic carbocycles. The molecule has 2 unspecified atom stereocenters. The summed E-state index contributed by atoms with van der Waals surface area (Å²) in [7, 11) is 0. The average Bonchev–Trinajstić information content (AvgIpc) is 2.29. The van der Waals surface area contributed by atoms with Crippen molar-refractivity contribution in [1.29, 1.82) is 0 Å². The van der Waals surface area contributed by atoms with E-state index in [1.54, 1.807) is 26.8 Å². The number of rotatable bonds is 9. The lowest BCUT2D eigenvalue weighted by molar-refractivity contribution is -0.160. The molecule has 5 heteroatoms. The molecule has 0 aromatic heterocycles. The standard InChI is InChI=1S/C15H25FO4/c1-5-6-7-12(16)9-8-11(14(18)19)10-13(17)20-15(2,3)4/h5,11-12H,1,6-10H2,2-4H3,(H,18,19). The van der Waals surface area contributed by atoms with Crippen LogP contribution in [0.25, 0.3) is 0 Å². The third-order valence-corrected chi connectivity index (χ3v) is 2.69. The van der Waals surface area contributed by atoms with E-state index in [0.29, 0.717) is 12.8 Å². The minimum Gasteiger partial charge on any atom is -0.481 e. The Morgan fingerprint density at radius 1 is 1.30 bits per heavy atom. The van der Waals surface area contributed by atoms with Crippen molar-refractivity contribution in [3.63, 3.8) is 0 Å². The quantitative estimate of drug-likeness (QED) is 0.521. The van der Waals surface area contributed by atoms with Gasteiger partial charge in [0.2, 0.25) is 0 Å². The van der Waals surface area contributed by atoms with Gasteiger partial charge in [0.15, 0.2) is 0 Å². The normalized spacial score (nSPS) is 14.4. The summed E-state index contributed by atoms with van der Waals surface area (Å²) in [6, 6.07) is 0. The maximum atomic E-state index is 13.5. The van der Waals surface area contributed by atoms with E-state index in [0.717, 1.165) is 0 Å². The molecule has 0 saturated heterocycles. The third kappa shape index (κ3) is 9.53. The molecule has 1 N–H and O–H groups in total. The Hall–Kier alpha value is -1.39. The van der Waals surface area contributed by atoms with Crippen molar-refractivity contribution in [1.82, 2.24) is 0 Å². The highest BCUT2D eigenvalue weighted by Gasteiger charge is 2.25. The van der Waals surface area contributed by atoms with Gasteiger partial charge in [-0.15, -0.1) is 6.58 Å². The van der Waals surface area contributed by atoms with Gasteiger partial charge in [0, 0.05) is 0 Å². The van der Waals surface area contributed by atoms with Gasteiger partial charge in [-0.2, -0.15) is 0 Å². The second kappa shape index (κ2) is 8.72. The van der Waals surface area contributed by atoms with E-state index in [4.69, 9.17) is 9.84 Å². The molecule has 0 bridgehead atoms. The van der Waals surface area contributed by atoms with Gasteiger partial charge in [0.05, 0.1) is 12.3 Å². The van der Waals surface area contributed by atoms with Gasteiger partial charge >= 0.3 is 11.9 Å². The van der Waals surface area contributed by atoms with Crippen LogP contribution in [0.3, 0.4) is 0 Å². The van der Waals surface area contributed by atoms with E-state index >= 15 is 0 Å². The first-order valence-electron chi connectivity index (χ1n) is 6.85. The van der Waals surface area contributed by atoms with E-state index in [1.807, 2.05) is 0 Å². The topological polar surface area (TPSA) is 63.6 Å². The third-order valence-electron chi connectivity index (χ3n) is 2.69. The number of carboxylic acids is 1. The van der Waals surface area contributed by atoms with E-state index in [-0.39, 0.29) is 19.3 Å². The minimum absolute atomic E-state index is 0.132. The van der Waals surface area contributed by atoms with Crippen LogP contribution in [0.15, 0.2) is 12.7 Å². The van der Waals surface area contributed by atoms with Crippen LogP contribution >= 0.6 is 0 Å². The van der Waals surface area contributed by atoms with Crippen LogP contribution in [-0.4, -0.2) is 28.8 Å². The summed E-state index contributed by atoms with van der Waals surface area (Å²) in [4.78, 5) is 22.7. The number of allylic oxidation sites excluding steroid dienone is 1. The monoisotopic (exact) mass is 288 g/mol. The van der Waals surface area contributed by atoms with Gasteiger partial charge < -0.3 is 9.84 Å². The zero-order chi connectivity index (χ0) is 15.8. The van der Waals surface area contributed by atoms with Gasteiger partial charge in [-0.05, 0) is 46.5 Å². The van der Waals surface area contributed by atoms with Gasteiger partial charge in [-0.25, -0.2) is 4.39 Å². The molecule has 0 saturated carbocycles. The molecule has 0 heterocycles. The van der Waals surface area contributed by atoms with Gasteiger partial charge in [-0.1, -0.05) is 6.08 Å². The highest BCUT2D eigenvalue weighted by Crippen LogP contribution is 2.19. The highest BCUT2D eigenvalue weighted by molar-refractivity contribution is 5.78. The first-order chi connectivity index (χ1) is 9.15. The number of carbonyl (C=O) groups is 2. The second-order valence-electron chi connectivity index (χ2n) is 5.87. The predicted octanol–water partition coefficient (Wildman–Crippen LogP) is 3.50. The number of carbonyl (C=O) groups excluding carboxylic acids is 1. The first kappa shape index (κ1) is 18.6. The number of halogens is 1. The molecule has 0 amide bonds. The number of hydrogen-bond acceptors (Lipinski definition) is 3. The molecular weight excluding hydrogens is 263 g/mol. The molecule has 4 nitrogen and oxygen atoms in total. The number of aliphatic carboxylic acids is 1. The van der Waals surface area contributed by atoms with Crippen LogP contribution in [0.1, 0.15) is 52.9 Å². The maximum Gasteiger partial charge on any atom is 0.307 e. The van der Waals surface area contributed by atoms with Crippen molar-refractivity contribution in [2.24, 2.45) is 5.92 Å². The Balaban J connectivity index is 4.27. The van der Waals surface area contributed by atoms with E-state index in [9.17, 15) is 14.0 Å². The van der Waals surface area contributed by atoms with Gasteiger partial charge in [0.25, 0.3) is 0 Å². The number of ether oxygens (including phenoxy) is 1. The summed E-state index contributed by atoms with van der Waals surface area (Å²) in [5.74, 6) is -2.55. The summed E-state index contributed by atoms with van der Waals surface area (Å²) < 4.78 is 18.5. The smallest absolute Gasteiger partial charge is 0.307 e. The molecule has 0 aliphatic heterocycles. The maximum absolute atomic E-state index is 13.5. The average molecular weight is 288 g/mol. The predicted molar refractivity (Wildman–Crippen MR) is 75.1 cm³/mol. The lowest BCUT2D eigenvalue weighted by Crippen LogP contribution is -2.27. The van der Waals surface area contributed by atoms with Crippen molar-refractivity contribution < 1.29 is 23.8 Å². The number of alkyl halides is 1. The van der Waals surface area contributed by atoms with Crippen molar-refractivity contribution >= 4 is 11.9 Å². The van der Waals surface area contributed by atoms with Crippen LogP contribution in [-0.2, 0) is 14.3 Å². The molecular formula is C15H25FO4. The Morgan fingerprint density at radius 2 is 1.90 bits per heavy atom. The highest BCUT2D eigenvalue weighted by atomic mass is 19.1. The SMILES string of the molecule is C=CCCC(F)CCC(CC(=O)OC(C)(C)C)C(=O)O. The van der Waals surface area contributed by atoms with Crippen LogP contribution < -0.4 is 0 Å². The molecule has 0 aromatic rings. The zero-order valence-corrected chi connectivity index (χ0v) is 12.5. The van der Waals surface area contributed by atoms with Gasteiger partial charge in [0.1, 0.15) is 11.8 Å². The zero-order valence-electron chi connectivity index (χ0n) is 12.5. The van der Waals surface area contributed by atoms with Gasteiger partial charge in [-0.3, -0.25) is 9.59 Å². The van der Waals surface area contributed by atoms with E-state index in [1.165, 1.54) is 0 Å². The largest absolute Gasteiger partial charge is 0.481 e. The Kier molecular flexibility index (Phi) is 8.11. The van der Waals surface area contributed by atoms with Crippen LogP contribution in [0.5, 0.6) is 0 Å². The van der Waals surface area contributed by atoms with Crippen LogP contribution in [0, 0.1) is 5.92 Å². The summed E-state index contributed by atoms with van der Waals surface area (Å²) >= 11 is 0. The summed E-state index contributed by atoms with van der Waals surface area (Å²) in [5, 5.41) is 9.06. The van der Waals surface area contributed by atoms with Crippen LogP contribution in [0.4, 0.5) is 4.39 Å². The molecule has 20 heavy (non-hydrogen) atoms. The first-order valence-corrected chi connectivity index (χ1v) is 6.85. The molecule has 0 aliphatic rings. The molecule has 0 aliphatic carbocycles. The van der Waals surface area contributed by atoms with Crippen molar-refractivity contribution in [3.05, 3.63) is 12.7 Å². The van der Waals surface area contributed by atoms with Crippen LogP contribution in [0.2, 0.25) is 0 Å². The Morgan fingerprint density at radius 3 is 2.35 bits per heavy atom. The fraction of sp³-hybridized carbons (Fsp3) is 0.733. The number of hydrogen-bond donors (Lipinski definition) is 1. The molecule has 0 rings (SSSR count). The fourth-order valence-corrected chi connectivity index (χ4v) is 1.72. The minimum atomic E-state index is -1.09. The molecule has 0 spiro atoms. The Bertz CT molecular complexity index is 333. The van der Waals surface area contributed by atoms with Crippen molar-refractivity contribution in [2.75, 3.05) is 0 Å². The van der Waals surface area contributed by atoms with E-state index < -0.39 is 29.6 Å². The molecule has 0 radical (unpaired) electrons. The fourth-order valence-electron chi connectivity index (χ4n) is 1.72. The number of esters is 1. The molecule has 0 fully saturated rings. The Labute approximate surface area is 120 Å². The second-order valence-corrected chi connectivity index (χ2v) is 5.87. The number of carboxylic acid groups (broad SMARTS) is 1. The van der Waals surface area contributed by atoms with Crippen molar-refractivity contribution in [3.8, 4) is 0 Å². The lowest BCUT2D eigenvalue weighted by Gasteiger charge is -2.21. The summed E-state index contributed by atoms with van der Waals surface area (Å²) in [6.07, 6.45) is 1.50. The molecule has 116 valence electrons.